The molecule has 5 rings (SSSR count). The third-order valence-electron chi connectivity index (χ3n) is 6.95. The Balaban J connectivity index is 1.43. The number of nitrogens with zero attached hydrogens (tertiary/aromatic N) is 1. The monoisotopic (exact) mass is 502 g/mol. The van der Waals surface area contributed by atoms with Crippen molar-refractivity contribution >= 4 is 29.1 Å². The summed E-state index contributed by atoms with van der Waals surface area (Å²) >= 11 is 6.06. The van der Waals surface area contributed by atoms with Crippen molar-refractivity contribution in [3.8, 4) is 5.75 Å². The van der Waals surface area contributed by atoms with Crippen molar-refractivity contribution in [2.24, 2.45) is 5.92 Å². The highest BCUT2D eigenvalue weighted by Gasteiger charge is 2.39. The lowest BCUT2D eigenvalue weighted by molar-refractivity contribution is -0.134. The summed E-state index contributed by atoms with van der Waals surface area (Å²) in [6.07, 6.45) is 2.62. The van der Waals surface area contributed by atoms with E-state index in [1.807, 2.05) is 30.0 Å². The number of amides is 2. The molecule has 6 heteroatoms. The molecule has 0 aromatic heterocycles. The molecule has 2 unspecified atom stereocenters. The van der Waals surface area contributed by atoms with Crippen LogP contribution in [0.2, 0.25) is 5.02 Å². The maximum atomic E-state index is 13.3. The first-order valence-electron chi connectivity index (χ1n) is 12.7. The zero-order chi connectivity index (χ0) is 25.2. The van der Waals surface area contributed by atoms with Crippen molar-refractivity contribution in [3.63, 3.8) is 0 Å². The molecule has 1 fully saturated rings. The predicted octanol–water partition coefficient (Wildman–Crippen LogP) is 6.33. The Morgan fingerprint density at radius 3 is 2.61 bits per heavy atom. The highest BCUT2D eigenvalue weighted by Crippen LogP contribution is 2.41. The van der Waals surface area contributed by atoms with Gasteiger partial charge in [-0.05, 0) is 79.6 Å². The van der Waals surface area contributed by atoms with Crippen LogP contribution in [0.4, 0.5) is 5.69 Å². The number of fused-ring (bicyclic) bond motifs is 1. The van der Waals surface area contributed by atoms with E-state index in [-0.39, 0.29) is 23.8 Å². The Morgan fingerprint density at radius 2 is 1.89 bits per heavy atom. The highest BCUT2D eigenvalue weighted by atomic mass is 35.5. The van der Waals surface area contributed by atoms with Crippen LogP contribution in [0, 0.1) is 12.8 Å². The van der Waals surface area contributed by atoms with Gasteiger partial charge in [0.15, 0.2) is 6.10 Å². The number of rotatable bonds is 7. The summed E-state index contributed by atoms with van der Waals surface area (Å²) in [4.78, 5) is 28.3. The minimum absolute atomic E-state index is 0.151. The number of nitrogens with one attached hydrogen (secondary N) is 1. The summed E-state index contributed by atoms with van der Waals surface area (Å²) in [6, 6.07) is 21.3. The van der Waals surface area contributed by atoms with Crippen molar-refractivity contribution in [1.82, 2.24) is 4.90 Å². The van der Waals surface area contributed by atoms with Crippen LogP contribution in [0.1, 0.15) is 54.5 Å². The normalized spacial score (nSPS) is 17.8. The second-order valence-corrected chi connectivity index (χ2v) is 10.2. The van der Waals surface area contributed by atoms with Gasteiger partial charge >= 0.3 is 0 Å². The second-order valence-electron chi connectivity index (χ2n) is 9.75. The summed E-state index contributed by atoms with van der Waals surface area (Å²) in [5, 5.41) is 3.46. The number of benzene rings is 3. The van der Waals surface area contributed by atoms with Gasteiger partial charge in [0.05, 0.1) is 6.04 Å². The van der Waals surface area contributed by atoms with E-state index in [1.54, 1.807) is 24.3 Å². The molecule has 5 nitrogen and oxygen atoms in total. The molecule has 3 aromatic rings. The lowest BCUT2D eigenvalue weighted by Crippen LogP contribution is -2.41. The van der Waals surface area contributed by atoms with Crippen LogP contribution in [0.5, 0.6) is 5.75 Å². The quantitative estimate of drug-likeness (QED) is 0.410. The fourth-order valence-corrected chi connectivity index (χ4v) is 5.13. The minimum Gasteiger partial charge on any atom is -0.481 e. The third kappa shape index (κ3) is 5.26. The van der Waals surface area contributed by atoms with Gasteiger partial charge in [-0.1, -0.05) is 60.5 Å². The van der Waals surface area contributed by atoms with E-state index in [9.17, 15) is 9.59 Å². The van der Waals surface area contributed by atoms with Gasteiger partial charge in [0.25, 0.3) is 5.91 Å². The van der Waals surface area contributed by atoms with Gasteiger partial charge < -0.3 is 15.0 Å². The Labute approximate surface area is 217 Å². The van der Waals surface area contributed by atoms with Gasteiger partial charge in [0.2, 0.25) is 5.91 Å². The average Bonchev–Trinajstić information content (AvgIpc) is 3.71. The van der Waals surface area contributed by atoms with Gasteiger partial charge in [-0.2, -0.15) is 0 Å². The average molecular weight is 503 g/mol. The van der Waals surface area contributed by atoms with Gasteiger partial charge in [0.1, 0.15) is 5.75 Å². The van der Waals surface area contributed by atoms with Crippen molar-refractivity contribution in [3.05, 3.63) is 94.0 Å². The van der Waals surface area contributed by atoms with E-state index in [0.29, 0.717) is 29.4 Å². The lowest BCUT2D eigenvalue weighted by atomic mass is 9.87. The summed E-state index contributed by atoms with van der Waals surface area (Å²) in [6.45, 7) is 4.71. The molecule has 2 amide bonds. The number of halogens is 1. The molecule has 2 aliphatic rings. The van der Waals surface area contributed by atoms with Gasteiger partial charge in [-0.3, -0.25) is 9.59 Å². The summed E-state index contributed by atoms with van der Waals surface area (Å²) in [5.74, 6) is 0.794. The molecule has 1 N–H and O–H groups in total. The first-order valence-corrected chi connectivity index (χ1v) is 13.0. The number of ether oxygens (including phenoxy) is 1. The van der Waals surface area contributed by atoms with Crippen molar-refractivity contribution in [1.29, 1.82) is 0 Å². The smallest absolute Gasteiger partial charge is 0.265 e. The van der Waals surface area contributed by atoms with Crippen LogP contribution < -0.4 is 10.1 Å². The molecular formula is C30H31ClN2O3. The standard InChI is InChI=1S/C30H31ClN2O3/c1-3-27(29(34)32-24-9-5-8-23(31)17-24)36-25-13-12-20-14-15-33(30(35)21-10-11-21)28(26(20)18-25)22-7-4-6-19(2)16-22/h4-9,12-13,16-18,21,27-28H,3,10-11,14-15H2,1-2H3,(H,32,34). The number of hydrogen-bond donors (Lipinski definition) is 1. The number of carbonyl (C=O) groups is 2. The minimum atomic E-state index is -0.660. The van der Waals surface area contributed by atoms with Gasteiger partial charge in [0, 0.05) is 23.2 Å². The Kier molecular flexibility index (Phi) is 7.01. The molecule has 1 saturated carbocycles. The molecule has 2 atom stereocenters. The van der Waals surface area contributed by atoms with Gasteiger partial charge in [-0.15, -0.1) is 0 Å². The van der Waals surface area contributed by atoms with E-state index >= 15 is 0 Å². The third-order valence-corrected chi connectivity index (χ3v) is 7.18. The van der Waals surface area contributed by atoms with E-state index in [0.717, 1.165) is 36.0 Å². The SMILES string of the molecule is CCC(Oc1ccc2c(c1)C(c1cccc(C)c1)N(C(=O)C1CC1)CC2)C(=O)Nc1cccc(Cl)c1. The fourth-order valence-electron chi connectivity index (χ4n) is 4.94. The van der Waals surface area contributed by atoms with Crippen LogP contribution >= 0.6 is 11.6 Å². The first-order chi connectivity index (χ1) is 17.4. The summed E-state index contributed by atoms with van der Waals surface area (Å²) in [5.41, 5.74) is 5.18. The van der Waals surface area contributed by atoms with E-state index < -0.39 is 6.10 Å². The molecule has 1 heterocycles. The van der Waals surface area contributed by atoms with Crippen LogP contribution in [0.25, 0.3) is 0 Å². The van der Waals surface area contributed by atoms with E-state index in [4.69, 9.17) is 16.3 Å². The molecule has 0 radical (unpaired) electrons. The predicted molar refractivity (Wildman–Crippen MR) is 142 cm³/mol. The lowest BCUT2D eigenvalue weighted by Gasteiger charge is -2.38. The molecule has 0 bridgehead atoms. The number of anilines is 1. The van der Waals surface area contributed by atoms with Crippen LogP contribution in [-0.4, -0.2) is 29.4 Å². The molecule has 186 valence electrons. The van der Waals surface area contributed by atoms with Crippen molar-refractivity contribution in [2.75, 3.05) is 11.9 Å². The van der Waals surface area contributed by atoms with Crippen LogP contribution in [-0.2, 0) is 16.0 Å². The maximum absolute atomic E-state index is 13.3. The van der Waals surface area contributed by atoms with Crippen LogP contribution in [0.3, 0.4) is 0 Å². The molecule has 0 saturated heterocycles. The molecule has 36 heavy (non-hydrogen) atoms. The largest absolute Gasteiger partial charge is 0.481 e. The number of carbonyl (C=O) groups excluding carboxylic acids is 2. The Hall–Kier alpha value is -3.31. The fraction of sp³-hybridized carbons (Fsp3) is 0.333. The first kappa shape index (κ1) is 24.4. The Bertz CT molecular complexity index is 1290. The highest BCUT2D eigenvalue weighted by molar-refractivity contribution is 6.30. The Morgan fingerprint density at radius 1 is 1.08 bits per heavy atom. The topological polar surface area (TPSA) is 58.6 Å². The zero-order valence-electron chi connectivity index (χ0n) is 20.7. The van der Waals surface area contributed by atoms with Crippen molar-refractivity contribution in [2.45, 2.75) is 51.7 Å². The summed E-state index contributed by atoms with van der Waals surface area (Å²) < 4.78 is 6.21. The molecule has 0 spiro atoms. The van der Waals surface area contributed by atoms with Crippen LogP contribution in [0.15, 0.2) is 66.7 Å². The van der Waals surface area contributed by atoms with Crippen molar-refractivity contribution < 1.29 is 14.3 Å². The zero-order valence-corrected chi connectivity index (χ0v) is 21.4. The number of aryl methyl sites for hydroxylation is 1. The molecule has 1 aliphatic heterocycles. The van der Waals surface area contributed by atoms with Gasteiger partial charge in [-0.25, -0.2) is 0 Å². The second kappa shape index (κ2) is 10.4. The number of hydrogen-bond acceptors (Lipinski definition) is 3. The molecular weight excluding hydrogens is 472 g/mol. The van der Waals surface area contributed by atoms with E-state index in [2.05, 4.69) is 36.5 Å². The maximum Gasteiger partial charge on any atom is 0.265 e. The summed E-state index contributed by atoms with van der Waals surface area (Å²) in [7, 11) is 0. The molecule has 3 aromatic carbocycles. The van der Waals surface area contributed by atoms with E-state index in [1.165, 1.54) is 5.56 Å². The molecule has 1 aliphatic carbocycles.